The molecule has 0 aromatic heterocycles. The molecule has 0 aromatic carbocycles. The van der Waals surface area contributed by atoms with E-state index in [4.69, 9.17) is 9.47 Å². The molecule has 4 nitrogen and oxygen atoms in total. The Bertz CT molecular complexity index is 360. The van der Waals surface area contributed by atoms with Crippen molar-refractivity contribution in [3.05, 3.63) is 24.8 Å². The molecule has 4 heteroatoms. The van der Waals surface area contributed by atoms with Crippen LogP contribution in [0.5, 0.6) is 0 Å². The Labute approximate surface area is 134 Å². The zero-order chi connectivity index (χ0) is 16.8. The van der Waals surface area contributed by atoms with Crippen molar-refractivity contribution in [2.75, 3.05) is 13.2 Å². The van der Waals surface area contributed by atoms with E-state index in [1.165, 1.54) is 12.8 Å². The maximum atomic E-state index is 11.6. The minimum Gasteiger partial charge on any atom is -0.465 e. The van der Waals surface area contributed by atoms with Crippen LogP contribution in [-0.4, -0.2) is 25.2 Å². The summed E-state index contributed by atoms with van der Waals surface area (Å²) in [4.78, 5) is 22.8. The Hall–Kier alpha value is -1.58. The highest BCUT2D eigenvalue weighted by Gasteiger charge is 2.10. The monoisotopic (exact) mass is 310 g/mol. The predicted octanol–water partition coefficient (Wildman–Crippen LogP) is 4.20. The number of rotatable bonds is 13. The van der Waals surface area contributed by atoms with Crippen LogP contribution in [0.2, 0.25) is 0 Å². The van der Waals surface area contributed by atoms with Crippen LogP contribution in [0.15, 0.2) is 24.8 Å². The van der Waals surface area contributed by atoms with E-state index in [-0.39, 0.29) is 25.1 Å². The zero-order valence-corrected chi connectivity index (χ0v) is 14.1. The van der Waals surface area contributed by atoms with Gasteiger partial charge < -0.3 is 9.47 Å². The van der Waals surface area contributed by atoms with Crippen LogP contribution in [0.25, 0.3) is 0 Å². The van der Waals surface area contributed by atoms with Crippen molar-refractivity contribution in [1.29, 1.82) is 0 Å². The smallest absolute Gasteiger partial charge is 0.333 e. The molecule has 126 valence electrons. The molecule has 1 atom stereocenters. The first-order chi connectivity index (χ1) is 10.5. The lowest BCUT2D eigenvalue weighted by atomic mass is 10.1. The topological polar surface area (TPSA) is 52.6 Å². The molecular formula is C18H30O4. The van der Waals surface area contributed by atoms with Gasteiger partial charge in [-0.25, -0.2) is 4.79 Å². The number of esters is 2. The van der Waals surface area contributed by atoms with Crippen LogP contribution in [0.1, 0.15) is 58.8 Å². The third-order valence-electron chi connectivity index (χ3n) is 3.17. The molecule has 0 saturated carbocycles. The quantitative estimate of drug-likeness (QED) is 0.221. The van der Waals surface area contributed by atoms with Gasteiger partial charge >= 0.3 is 11.9 Å². The van der Waals surface area contributed by atoms with Gasteiger partial charge in [0.05, 0.1) is 13.2 Å². The number of unbranched alkanes of at least 4 members (excludes halogenated alkanes) is 5. The average molecular weight is 310 g/mol. The summed E-state index contributed by atoms with van der Waals surface area (Å²) >= 11 is 0. The Kier molecular flexibility index (Phi) is 12.2. The van der Waals surface area contributed by atoms with Crippen molar-refractivity contribution >= 4 is 11.9 Å². The highest BCUT2D eigenvalue weighted by Crippen LogP contribution is 2.08. The van der Waals surface area contributed by atoms with E-state index >= 15 is 0 Å². The molecule has 0 N–H and O–H groups in total. The van der Waals surface area contributed by atoms with Crippen LogP contribution >= 0.6 is 0 Å². The van der Waals surface area contributed by atoms with Crippen molar-refractivity contribution in [2.24, 2.45) is 5.92 Å². The summed E-state index contributed by atoms with van der Waals surface area (Å²) in [5, 5.41) is 0. The molecule has 0 spiro atoms. The van der Waals surface area contributed by atoms with Crippen LogP contribution in [-0.2, 0) is 19.1 Å². The van der Waals surface area contributed by atoms with Crippen LogP contribution in [0, 0.1) is 5.92 Å². The Morgan fingerprint density at radius 2 is 1.64 bits per heavy atom. The molecule has 0 fully saturated rings. The van der Waals surface area contributed by atoms with Crippen LogP contribution in [0.3, 0.4) is 0 Å². The van der Waals surface area contributed by atoms with Gasteiger partial charge in [0, 0.05) is 17.9 Å². The van der Waals surface area contributed by atoms with Gasteiger partial charge in [-0.1, -0.05) is 38.8 Å². The summed E-state index contributed by atoms with van der Waals surface area (Å²) < 4.78 is 10.2. The van der Waals surface area contributed by atoms with E-state index in [0.29, 0.717) is 12.0 Å². The van der Waals surface area contributed by atoms with Gasteiger partial charge in [-0.2, -0.15) is 0 Å². The Morgan fingerprint density at radius 3 is 2.27 bits per heavy atom. The second-order valence-corrected chi connectivity index (χ2v) is 5.76. The first-order valence-corrected chi connectivity index (χ1v) is 8.06. The summed E-state index contributed by atoms with van der Waals surface area (Å²) in [5.41, 5.74) is 0.372. The van der Waals surface area contributed by atoms with E-state index in [1.54, 1.807) is 6.92 Å². The molecule has 0 bridgehead atoms. The molecule has 22 heavy (non-hydrogen) atoms. The van der Waals surface area contributed by atoms with Gasteiger partial charge in [0.25, 0.3) is 0 Å². The van der Waals surface area contributed by atoms with Crippen molar-refractivity contribution < 1.29 is 19.1 Å². The first-order valence-electron chi connectivity index (χ1n) is 8.06. The number of carbonyl (C=O) groups is 2. The SMILES string of the molecule is C=CCCCCCCCC(=O)OCC(C)COC(=O)C(=C)C. The van der Waals surface area contributed by atoms with Crippen molar-refractivity contribution in [1.82, 2.24) is 0 Å². The molecule has 0 aliphatic rings. The molecule has 0 saturated heterocycles. The molecule has 0 aliphatic heterocycles. The van der Waals surface area contributed by atoms with Crippen LogP contribution in [0.4, 0.5) is 0 Å². The number of hydrogen-bond donors (Lipinski definition) is 0. The third-order valence-corrected chi connectivity index (χ3v) is 3.17. The predicted molar refractivity (Wildman–Crippen MR) is 88.4 cm³/mol. The molecule has 0 radical (unpaired) electrons. The van der Waals surface area contributed by atoms with E-state index in [1.807, 2.05) is 13.0 Å². The normalized spacial score (nSPS) is 11.5. The van der Waals surface area contributed by atoms with Gasteiger partial charge in [0.1, 0.15) is 0 Å². The summed E-state index contributed by atoms with van der Waals surface area (Å²) in [5.74, 6) is -0.593. The highest BCUT2D eigenvalue weighted by molar-refractivity contribution is 5.86. The molecule has 0 amide bonds. The number of hydrogen-bond acceptors (Lipinski definition) is 4. The molecular weight excluding hydrogens is 280 g/mol. The minimum atomic E-state index is -0.408. The molecule has 0 heterocycles. The lowest BCUT2D eigenvalue weighted by Crippen LogP contribution is -2.18. The van der Waals surface area contributed by atoms with E-state index in [9.17, 15) is 9.59 Å². The first kappa shape index (κ1) is 20.4. The van der Waals surface area contributed by atoms with Crippen molar-refractivity contribution in [2.45, 2.75) is 58.8 Å². The van der Waals surface area contributed by atoms with Gasteiger partial charge in [-0.3, -0.25) is 4.79 Å². The highest BCUT2D eigenvalue weighted by atomic mass is 16.5. The molecule has 0 aliphatic carbocycles. The Balaban J connectivity index is 3.53. The van der Waals surface area contributed by atoms with E-state index in [2.05, 4.69) is 13.2 Å². The number of ether oxygens (including phenoxy) is 2. The third kappa shape index (κ3) is 12.2. The van der Waals surface area contributed by atoms with Gasteiger partial charge in [0.2, 0.25) is 0 Å². The number of carbonyl (C=O) groups excluding carboxylic acids is 2. The van der Waals surface area contributed by atoms with Crippen LogP contribution < -0.4 is 0 Å². The zero-order valence-electron chi connectivity index (χ0n) is 14.1. The second-order valence-electron chi connectivity index (χ2n) is 5.76. The van der Waals surface area contributed by atoms with Crippen molar-refractivity contribution in [3.8, 4) is 0 Å². The van der Waals surface area contributed by atoms with Gasteiger partial charge in [0.15, 0.2) is 0 Å². The maximum Gasteiger partial charge on any atom is 0.333 e. The second kappa shape index (κ2) is 13.1. The fourth-order valence-corrected chi connectivity index (χ4v) is 1.78. The van der Waals surface area contributed by atoms with Crippen molar-refractivity contribution in [3.63, 3.8) is 0 Å². The Morgan fingerprint density at radius 1 is 1.05 bits per heavy atom. The fraction of sp³-hybridized carbons (Fsp3) is 0.667. The van der Waals surface area contributed by atoms with E-state index in [0.717, 1.165) is 25.7 Å². The standard InChI is InChI=1S/C18H30O4/c1-5-6-7-8-9-10-11-12-17(19)21-13-16(4)14-22-18(20)15(2)3/h5,16H,1-2,6-14H2,3-4H3. The summed E-state index contributed by atoms with van der Waals surface area (Å²) in [6.07, 6.45) is 8.89. The largest absolute Gasteiger partial charge is 0.465 e. The maximum absolute atomic E-state index is 11.6. The number of allylic oxidation sites excluding steroid dienone is 1. The average Bonchev–Trinajstić information content (AvgIpc) is 2.49. The lowest BCUT2D eigenvalue weighted by Gasteiger charge is -2.12. The summed E-state index contributed by atoms with van der Waals surface area (Å²) in [6.45, 7) is 11.2. The molecule has 0 rings (SSSR count). The summed E-state index contributed by atoms with van der Waals surface area (Å²) in [6, 6.07) is 0. The lowest BCUT2D eigenvalue weighted by molar-refractivity contribution is -0.147. The minimum absolute atomic E-state index is 0.00819. The van der Waals surface area contributed by atoms with E-state index < -0.39 is 5.97 Å². The fourth-order valence-electron chi connectivity index (χ4n) is 1.78. The molecule has 1 unspecified atom stereocenters. The summed E-state index contributed by atoms with van der Waals surface area (Å²) in [7, 11) is 0. The van der Waals surface area contributed by atoms with Gasteiger partial charge in [-0.05, 0) is 26.2 Å². The van der Waals surface area contributed by atoms with Gasteiger partial charge in [-0.15, -0.1) is 6.58 Å². The molecule has 0 aromatic rings.